The number of urea groups is 1. The zero-order valence-corrected chi connectivity index (χ0v) is 14.5. The molecule has 3 aliphatic heterocycles. The van der Waals surface area contributed by atoms with Crippen LogP contribution >= 0.6 is 0 Å². The maximum Gasteiger partial charge on any atom is 0.418 e. The molecule has 0 aromatic heterocycles. The van der Waals surface area contributed by atoms with Gasteiger partial charge in [-0.2, -0.15) is 13.5 Å². The highest BCUT2D eigenvalue weighted by molar-refractivity contribution is 7.80. The van der Waals surface area contributed by atoms with E-state index in [1.807, 2.05) is 0 Å². The zero-order chi connectivity index (χ0) is 18.7. The first-order valence-electron chi connectivity index (χ1n) is 8.27. The van der Waals surface area contributed by atoms with Gasteiger partial charge in [-0.3, -0.25) is 25.0 Å². The van der Waals surface area contributed by atoms with Gasteiger partial charge in [0.05, 0.1) is 12.0 Å². The van der Waals surface area contributed by atoms with Gasteiger partial charge in [0.15, 0.2) is 0 Å². The zero-order valence-electron chi connectivity index (χ0n) is 13.7. The first kappa shape index (κ1) is 17.5. The quantitative estimate of drug-likeness (QED) is 0.310. The van der Waals surface area contributed by atoms with Crippen LogP contribution in [0.15, 0.2) is 0 Å². The van der Waals surface area contributed by atoms with Crippen molar-refractivity contribution in [1.29, 1.82) is 0 Å². The number of fused-ring (bicyclic) bond motifs is 3. The fourth-order valence-electron chi connectivity index (χ4n) is 3.83. The Balaban J connectivity index is 1.46. The Hall–Kier alpha value is -1.96. The molecule has 0 aromatic carbocycles. The van der Waals surface area contributed by atoms with Crippen LogP contribution in [0.2, 0.25) is 0 Å². The van der Waals surface area contributed by atoms with E-state index in [0.29, 0.717) is 37.4 Å². The molecule has 144 valence electrons. The van der Waals surface area contributed by atoms with Gasteiger partial charge in [0.2, 0.25) is 5.91 Å². The fourth-order valence-corrected chi connectivity index (χ4v) is 4.20. The minimum atomic E-state index is -4.85. The minimum absolute atomic E-state index is 0.118. The van der Waals surface area contributed by atoms with Crippen molar-refractivity contribution >= 4 is 28.2 Å². The van der Waals surface area contributed by atoms with Crippen molar-refractivity contribution in [3.63, 3.8) is 0 Å². The third-order valence-electron chi connectivity index (χ3n) is 5.60. The lowest BCUT2D eigenvalue weighted by molar-refractivity contribution is -0.134. The molecule has 4 rings (SSSR count). The number of hydroxylamine groups is 2. The smallest absolute Gasteiger partial charge is 0.315 e. The Kier molecular flexibility index (Phi) is 3.87. The van der Waals surface area contributed by atoms with Crippen molar-refractivity contribution in [2.75, 3.05) is 19.6 Å². The van der Waals surface area contributed by atoms with Gasteiger partial charge >= 0.3 is 16.4 Å². The van der Waals surface area contributed by atoms with Crippen molar-refractivity contribution in [1.82, 2.24) is 26.1 Å². The average molecular weight is 389 g/mol. The van der Waals surface area contributed by atoms with Gasteiger partial charge in [0, 0.05) is 19.6 Å². The second-order valence-electron chi connectivity index (χ2n) is 7.19. The molecule has 1 saturated carbocycles. The molecule has 2 bridgehead atoms. The van der Waals surface area contributed by atoms with Gasteiger partial charge in [-0.1, -0.05) is 0 Å². The van der Waals surface area contributed by atoms with E-state index in [1.165, 1.54) is 4.90 Å². The van der Waals surface area contributed by atoms with Crippen LogP contribution in [-0.4, -0.2) is 72.5 Å². The number of nitrogens with one attached hydrogen (secondary N) is 3. The molecule has 2 unspecified atom stereocenters. The standard InChI is InChI=1S/C13H19N5O7S/c19-10(7-4-14-5-7)15-16-11(20)8-3-13(1-2-13)9-6-17(8)12(21)18(9)25-26(22,23)24/h7-9,14H,1-6H2,(H,15,19)(H,16,20)(H,22,23,24). The number of hydrazine groups is 1. The molecule has 4 amide bonds. The number of piperidine rings is 1. The van der Waals surface area contributed by atoms with Crippen molar-refractivity contribution < 1.29 is 31.6 Å². The number of rotatable bonds is 4. The third kappa shape index (κ3) is 2.90. The largest absolute Gasteiger partial charge is 0.418 e. The molecule has 0 aromatic rings. The summed E-state index contributed by atoms with van der Waals surface area (Å²) in [7, 11) is -4.85. The molecule has 13 heteroatoms. The van der Waals surface area contributed by atoms with Crippen molar-refractivity contribution in [2.45, 2.75) is 31.3 Å². The Bertz CT molecular complexity index is 763. The summed E-state index contributed by atoms with van der Waals surface area (Å²) in [5.74, 6) is -1.05. The average Bonchev–Trinajstić information content (AvgIpc) is 3.21. The minimum Gasteiger partial charge on any atom is -0.315 e. The molecule has 1 spiro atoms. The summed E-state index contributed by atoms with van der Waals surface area (Å²) in [6.07, 6.45) is 1.77. The van der Waals surface area contributed by atoms with Crippen LogP contribution in [0, 0.1) is 11.3 Å². The van der Waals surface area contributed by atoms with Crippen LogP contribution in [-0.2, 0) is 24.3 Å². The van der Waals surface area contributed by atoms with Crippen LogP contribution in [0.1, 0.15) is 19.3 Å². The topological polar surface area (TPSA) is 157 Å². The van der Waals surface area contributed by atoms with Crippen LogP contribution in [0.25, 0.3) is 0 Å². The van der Waals surface area contributed by atoms with Crippen molar-refractivity contribution in [3.8, 4) is 0 Å². The number of carbonyl (C=O) groups excluding carboxylic acids is 3. The van der Waals surface area contributed by atoms with Crippen LogP contribution in [0.4, 0.5) is 4.79 Å². The molecule has 0 radical (unpaired) electrons. The molecule has 26 heavy (non-hydrogen) atoms. The van der Waals surface area contributed by atoms with E-state index in [0.717, 1.165) is 0 Å². The maximum absolute atomic E-state index is 12.5. The Morgan fingerprint density at radius 2 is 1.88 bits per heavy atom. The predicted molar refractivity (Wildman–Crippen MR) is 83.1 cm³/mol. The molecule has 2 atom stereocenters. The number of nitrogens with zero attached hydrogens (tertiary/aromatic N) is 2. The molecule has 4 aliphatic rings. The maximum atomic E-state index is 12.5. The summed E-state index contributed by atoms with van der Waals surface area (Å²) in [5.41, 5.74) is 4.28. The van der Waals surface area contributed by atoms with E-state index >= 15 is 0 Å². The van der Waals surface area contributed by atoms with Gasteiger partial charge in [-0.15, -0.1) is 4.28 Å². The van der Waals surface area contributed by atoms with E-state index in [2.05, 4.69) is 20.5 Å². The van der Waals surface area contributed by atoms with Gasteiger partial charge in [-0.25, -0.2) is 4.79 Å². The van der Waals surface area contributed by atoms with Gasteiger partial charge in [0.1, 0.15) is 6.04 Å². The van der Waals surface area contributed by atoms with Gasteiger partial charge in [0.25, 0.3) is 5.91 Å². The lowest BCUT2D eigenvalue weighted by atomic mass is 9.85. The number of hydrogen-bond acceptors (Lipinski definition) is 7. The highest BCUT2D eigenvalue weighted by atomic mass is 32.3. The summed E-state index contributed by atoms with van der Waals surface area (Å²) < 4.78 is 35.4. The first-order valence-corrected chi connectivity index (χ1v) is 9.64. The highest BCUT2D eigenvalue weighted by Crippen LogP contribution is 2.59. The third-order valence-corrected chi connectivity index (χ3v) is 5.95. The highest BCUT2D eigenvalue weighted by Gasteiger charge is 2.65. The molecule has 1 aliphatic carbocycles. The molecule has 4 fully saturated rings. The Morgan fingerprint density at radius 3 is 2.42 bits per heavy atom. The number of carbonyl (C=O) groups is 3. The van der Waals surface area contributed by atoms with Gasteiger partial charge < -0.3 is 10.2 Å². The molecule has 3 saturated heterocycles. The summed E-state index contributed by atoms with van der Waals surface area (Å²) >= 11 is 0. The lowest BCUT2D eigenvalue weighted by Crippen LogP contribution is -2.59. The van der Waals surface area contributed by atoms with E-state index < -0.39 is 39.8 Å². The normalized spacial score (nSPS) is 29.5. The van der Waals surface area contributed by atoms with E-state index in [-0.39, 0.29) is 18.4 Å². The monoisotopic (exact) mass is 389 g/mol. The summed E-state index contributed by atoms with van der Waals surface area (Å²) in [6.45, 7) is 1.21. The van der Waals surface area contributed by atoms with Crippen LogP contribution in [0.5, 0.6) is 0 Å². The number of amides is 4. The van der Waals surface area contributed by atoms with Crippen LogP contribution < -0.4 is 16.2 Å². The van der Waals surface area contributed by atoms with Crippen LogP contribution in [0.3, 0.4) is 0 Å². The van der Waals surface area contributed by atoms with E-state index in [1.54, 1.807) is 0 Å². The summed E-state index contributed by atoms with van der Waals surface area (Å²) in [4.78, 5) is 38.0. The lowest BCUT2D eigenvalue weighted by Gasteiger charge is -2.35. The Labute approximate surface area is 149 Å². The van der Waals surface area contributed by atoms with E-state index in [4.69, 9.17) is 4.55 Å². The number of hydrogen-bond donors (Lipinski definition) is 4. The Morgan fingerprint density at radius 1 is 1.23 bits per heavy atom. The molecule has 4 N–H and O–H groups in total. The second kappa shape index (κ2) is 5.77. The van der Waals surface area contributed by atoms with Crippen molar-refractivity contribution in [2.24, 2.45) is 11.3 Å². The fraction of sp³-hybridized carbons (Fsp3) is 0.769. The molecule has 12 nitrogen and oxygen atoms in total. The predicted octanol–water partition coefficient (Wildman–Crippen LogP) is -2.25. The van der Waals surface area contributed by atoms with E-state index in [9.17, 15) is 22.8 Å². The molecule has 3 heterocycles. The summed E-state index contributed by atoms with van der Waals surface area (Å²) in [6, 6.07) is -2.20. The molecular formula is C13H19N5O7S. The SMILES string of the molecule is O=C(NNC(=O)C1CC2(CC2)C2CN1C(=O)N2OS(=O)(=O)O)C1CNC1. The first-order chi connectivity index (χ1) is 12.2. The van der Waals surface area contributed by atoms with Gasteiger partial charge in [-0.05, 0) is 24.7 Å². The summed E-state index contributed by atoms with van der Waals surface area (Å²) in [5, 5.41) is 3.59. The molecular weight excluding hydrogens is 370 g/mol. The van der Waals surface area contributed by atoms with Crippen molar-refractivity contribution in [3.05, 3.63) is 0 Å². The second-order valence-corrected chi connectivity index (χ2v) is 8.20.